The van der Waals surface area contributed by atoms with Crippen molar-refractivity contribution in [2.45, 2.75) is 26.5 Å². The Balaban J connectivity index is 1.65. The molecule has 3 rings (SSSR count). The molecule has 1 aromatic heterocycles. The Kier molecular flexibility index (Phi) is 8.94. The number of hydrogen-bond acceptors (Lipinski definition) is 8. The summed E-state index contributed by atoms with van der Waals surface area (Å²) in [5.74, 6) is -2.01. The molecule has 1 saturated heterocycles. The van der Waals surface area contributed by atoms with Crippen LogP contribution in [0.3, 0.4) is 0 Å². The minimum atomic E-state index is -0.864. The highest BCUT2D eigenvalue weighted by molar-refractivity contribution is 5.90. The van der Waals surface area contributed by atoms with Crippen LogP contribution in [-0.2, 0) is 16.1 Å². The fourth-order valence-corrected chi connectivity index (χ4v) is 3.64. The van der Waals surface area contributed by atoms with Crippen molar-refractivity contribution in [2.24, 2.45) is 0 Å². The number of halogens is 2. The fourth-order valence-electron chi connectivity index (χ4n) is 3.64. The van der Waals surface area contributed by atoms with Crippen molar-refractivity contribution in [3.63, 3.8) is 0 Å². The van der Waals surface area contributed by atoms with Gasteiger partial charge in [-0.1, -0.05) is 0 Å². The summed E-state index contributed by atoms with van der Waals surface area (Å²) in [5.41, 5.74) is 3.02. The van der Waals surface area contributed by atoms with Crippen molar-refractivity contribution >= 4 is 29.4 Å². The second kappa shape index (κ2) is 12.1. The maximum absolute atomic E-state index is 15.1. The van der Waals surface area contributed by atoms with Crippen LogP contribution in [0.1, 0.15) is 19.5 Å². The van der Waals surface area contributed by atoms with E-state index in [0.29, 0.717) is 5.69 Å². The van der Waals surface area contributed by atoms with Crippen LogP contribution in [-0.4, -0.2) is 84.3 Å². The summed E-state index contributed by atoms with van der Waals surface area (Å²) in [6.07, 6.45) is 0.0797. The molecule has 13 nitrogen and oxygen atoms in total. The van der Waals surface area contributed by atoms with E-state index in [2.05, 4.69) is 31.5 Å². The second-order valence-electron chi connectivity index (χ2n) is 7.89. The number of anilines is 2. The molecule has 1 aliphatic heterocycles. The summed E-state index contributed by atoms with van der Waals surface area (Å²) in [6.45, 7) is 3.83. The number of nitrogens with zero attached hydrogens (tertiary/aromatic N) is 5. The third-order valence-corrected chi connectivity index (χ3v) is 5.46. The molecule has 1 fully saturated rings. The fraction of sp³-hybridized carbons (Fsp3) is 0.476. The van der Waals surface area contributed by atoms with Gasteiger partial charge in [-0.15, -0.1) is 0 Å². The largest absolute Gasteiger partial charge is 0.442 e. The summed E-state index contributed by atoms with van der Waals surface area (Å²) < 4.78 is 35.3. The lowest BCUT2D eigenvalue weighted by Gasteiger charge is -2.29. The first kappa shape index (κ1) is 26.6. The first-order chi connectivity index (χ1) is 17.2. The number of hydrazine groups is 1. The molecule has 4 amide bonds. The van der Waals surface area contributed by atoms with Gasteiger partial charge >= 0.3 is 12.1 Å². The molecule has 0 radical (unpaired) electrons. The Bertz CT molecular complexity index is 1050. The molecule has 196 valence electrons. The number of rotatable bonds is 11. The Morgan fingerprint density at radius 1 is 1.25 bits per heavy atom. The zero-order chi connectivity index (χ0) is 26.2. The Hall–Kier alpha value is -4.01. The van der Waals surface area contributed by atoms with Crippen LogP contribution < -0.4 is 25.9 Å². The van der Waals surface area contributed by atoms with Gasteiger partial charge in [-0.25, -0.2) is 23.8 Å². The maximum atomic E-state index is 15.1. The predicted octanol–water partition coefficient (Wildman–Crippen LogP) is 0.717. The van der Waals surface area contributed by atoms with E-state index < -0.39 is 29.9 Å². The van der Waals surface area contributed by atoms with Gasteiger partial charge < -0.3 is 20.3 Å². The maximum Gasteiger partial charge on any atom is 0.414 e. The van der Waals surface area contributed by atoms with E-state index in [1.807, 2.05) is 0 Å². The van der Waals surface area contributed by atoms with E-state index in [0.717, 1.165) is 17.0 Å². The van der Waals surface area contributed by atoms with Gasteiger partial charge in [0.15, 0.2) is 11.6 Å². The molecule has 0 spiro atoms. The van der Waals surface area contributed by atoms with Crippen molar-refractivity contribution in [3.8, 4) is 0 Å². The highest BCUT2D eigenvalue weighted by atomic mass is 19.1. The molecular formula is C21H29F2N9O4. The van der Waals surface area contributed by atoms with Crippen LogP contribution in [0.25, 0.3) is 0 Å². The molecular weight excluding hydrogens is 480 g/mol. The molecule has 15 heteroatoms. The summed E-state index contributed by atoms with van der Waals surface area (Å²) in [5, 5.41) is 16.4. The number of benzene rings is 1. The minimum Gasteiger partial charge on any atom is -0.442 e. The van der Waals surface area contributed by atoms with Gasteiger partial charge in [-0.05, 0) is 6.92 Å². The third-order valence-electron chi connectivity index (χ3n) is 5.46. The number of likely N-dealkylation sites (N-methyl/N-ethyl adjacent to an activating group) is 1. The number of amides is 4. The lowest BCUT2D eigenvalue weighted by molar-refractivity contribution is -0.119. The van der Waals surface area contributed by atoms with Gasteiger partial charge in [-0.3, -0.25) is 14.7 Å². The van der Waals surface area contributed by atoms with E-state index >= 15 is 8.78 Å². The van der Waals surface area contributed by atoms with Crippen molar-refractivity contribution < 1.29 is 27.9 Å². The van der Waals surface area contributed by atoms with E-state index in [1.165, 1.54) is 23.0 Å². The van der Waals surface area contributed by atoms with E-state index in [-0.39, 0.29) is 56.6 Å². The number of H-pyrrole nitrogens is 1. The Labute approximate surface area is 206 Å². The number of nitrogens with one attached hydrogen (secondary N) is 4. The van der Waals surface area contributed by atoms with Crippen LogP contribution in [0.5, 0.6) is 0 Å². The zero-order valence-electron chi connectivity index (χ0n) is 20.2. The predicted molar refractivity (Wildman–Crippen MR) is 125 cm³/mol. The molecule has 0 aliphatic carbocycles. The van der Waals surface area contributed by atoms with Crippen LogP contribution in [0.2, 0.25) is 0 Å². The molecule has 2 heterocycles. The number of cyclic esters (lactones) is 1. The molecule has 36 heavy (non-hydrogen) atoms. The SMILES string of the molecule is CCN(CCN(NC)C(=O)NCc1cn[nH]n1)c1c(F)cc(N2C[C@H](CNC(C)=O)OC2=O)cc1F. The van der Waals surface area contributed by atoms with Gasteiger partial charge in [0, 0.05) is 39.2 Å². The Morgan fingerprint density at radius 2 is 1.97 bits per heavy atom. The van der Waals surface area contributed by atoms with Crippen LogP contribution >= 0.6 is 0 Å². The Morgan fingerprint density at radius 3 is 2.56 bits per heavy atom. The number of ether oxygens (including phenoxy) is 1. The first-order valence-corrected chi connectivity index (χ1v) is 11.3. The summed E-state index contributed by atoms with van der Waals surface area (Å²) in [4.78, 5) is 38.3. The molecule has 0 bridgehead atoms. The van der Waals surface area contributed by atoms with E-state index in [9.17, 15) is 14.4 Å². The molecule has 1 aromatic carbocycles. The minimum absolute atomic E-state index is 0.00390. The van der Waals surface area contributed by atoms with Crippen molar-refractivity contribution in [1.29, 1.82) is 0 Å². The highest BCUT2D eigenvalue weighted by Crippen LogP contribution is 2.31. The van der Waals surface area contributed by atoms with Gasteiger partial charge in [0.05, 0.1) is 38.1 Å². The van der Waals surface area contributed by atoms with Gasteiger partial charge in [0.1, 0.15) is 17.5 Å². The van der Waals surface area contributed by atoms with Gasteiger partial charge in [0.25, 0.3) is 0 Å². The van der Waals surface area contributed by atoms with E-state index in [1.54, 1.807) is 14.0 Å². The number of urea groups is 1. The van der Waals surface area contributed by atoms with Gasteiger partial charge in [-0.2, -0.15) is 15.4 Å². The number of hydrogen-bond donors (Lipinski definition) is 4. The van der Waals surface area contributed by atoms with Crippen LogP contribution in [0.4, 0.5) is 29.7 Å². The lowest BCUT2D eigenvalue weighted by Crippen LogP contribution is -2.49. The quantitative estimate of drug-likeness (QED) is 0.324. The van der Waals surface area contributed by atoms with Crippen molar-refractivity contribution in [1.82, 2.24) is 36.5 Å². The number of aromatic nitrogens is 3. The molecule has 4 N–H and O–H groups in total. The van der Waals surface area contributed by atoms with Crippen LogP contribution in [0, 0.1) is 11.6 Å². The van der Waals surface area contributed by atoms with Crippen molar-refractivity contribution in [3.05, 3.63) is 35.7 Å². The number of aromatic amines is 1. The zero-order valence-corrected chi connectivity index (χ0v) is 20.2. The standard InChI is InChI=1S/C21H29F2N9O4/c1-4-30(5-6-32(24-3)20(34)26-9-14-10-27-29-28-14)19-17(22)7-15(8-18(19)23)31-12-16(36-21(31)35)11-25-13(2)33/h7-8,10,16,24H,4-6,9,11-12H2,1-3H3,(H,25,33)(H,26,34)(H,27,28,29)/t16-/m0/s1. The van der Waals surface area contributed by atoms with Crippen molar-refractivity contribution in [2.75, 3.05) is 49.6 Å². The first-order valence-electron chi connectivity index (χ1n) is 11.3. The average molecular weight is 510 g/mol. The monoisotopic (exact) mass is 509 g/mol. The molecule has 1 aliphatic rings. The number of carbonyl (C=O) groups excluding carboxylic acids is 3. The molecule has 0 saturated carbocycles. The second-order valence-corrected chi connectivity index (χ2v) is 7.89. The highest BCUT2D eigenvalue weighted by Gasteiger charge is 2.33. The summed E-state index contributed by atoms with van der Waals surface area (Å²) >= 11 is 0. The lowest BCUT2D eigenvalue weighted by atomic mass is 10.2. The normalized spacial score (nSPS) is 15.0. The number of carbonyl (C=O) groups is 3. The molecule has 1 atom stereocenters. The van der Waals surface area contributed by atoms with Gasteiger partial charge in [0.2, 0.25) is 5.91 Å². The summed E-state index contributed by atoms with van der Waals surface area (Å²) in [7, 11) is 1.55. The van der Waals surface area contributed by atoms with Crippen LogP contribution in [0.15, 0.2) is 18.3 Å². The third kappa shape index (κ3) is 6.56. The smallest absolute Gasteiger partial charge is 0.414 e. The molecule has 2 aromatic rings. The molecule has 0 unspecified atom stereocenters. The van der Waals surface area contributed by atoms with E-state index in [4.69, 9.17) is 4.74 Å². The average Bonchev–Trinajstić information content (AvgIpc) is 3.49. The summed E-state index contributed by atoms with van der Waals surface area (Å²) in [6, 6.07) is 1.67. The topological polar surface area (TPSA) is 148 Å².